The molecule has 1 spiro atoms. The molecule has 1 heterocycles. The van der Waals surface area contributed by atoms with Crippen LogP contribution in [0.4, 0.5) is 0 Å². The number of hydrazine groups is 1. The monoisotopic (exact) mass is 232 g/mol. The molecule has 0 saturated carbocycles. The first-order valence-electron chi connectivity index (χ1n) is 5.65. The second-order valence-corrected chi connectivity index (χ2v) is 4.82. The van der Waals surface area contributed by atoms with E-state index in [1.165, 1.54) is 0 Å². The highest BCUT2D eigenvalue weighted by Crippen LogP contribution is 2.44. The zero-order valence-corrected chi connectivity index (χ0v) is 9.26. The second kappa shape index (κ2) is 3.29. The van der Waals surface area contributed by atoms with E-state index >= 15 is 0 Å². The molecule has 1 aromatic rings. The zero-order valence-electron chi connectivity index (χ0n) is 9.26. The van der Waals surface area contributed by atoms with Gasteiger partial charge in [0.05, 0.1) is 12.0 Å². The van der Waals surface area contributed by atoms with E-state index in [-0.39, 0.29) is 12.5 Å². The van der Waals surface area contributed by atoms with E-state index < -0.39 is 10.4 Å². The maximum absolute atomic E-state index is 12.1. The fourth-order valence-corrected chi connectivity index (χ4v) is 2.98. The first-order chi connectivity index (χ1) is 8.12. The van der Waals surface area contributed by atoms with Gasteiger partial charge in [-0.3, -0.25) is 4.79 Å². The molecule has 1 saturated heterocycles. The van der Waals surface area contributed by atoms with Crippen LogP contribution < -0.4 is 0 Å². The molecule has 1 aliphatic heterocycles. The number of nitrogens with zero attached hydrogens (tertiary/aromatic N) is 2. The van der Waals surface area contributed by atoms with Gasteiger partial charge in [0.15, 0.2) is 5.03 Å². The van der Waals surface area contributed by atoms with Gasteiger partial charge in [0.25, 0.3) is 5.91 Å². The van der Waals surface area contributed by atoms with E-state index in [9.17, 15) is 14.9 Å². The van der Waals surface area contributed by atoms with Gasteiger partial charge in [-0.05, 0) is 30.4 Å². The minimum atomic E-state index is -0.583. The highest BCUT2D eigenvalue weighted by molar-refractivity contribution is 5.85. The quantitative estimate of drug-likeness (QED) is 0.539. The van der Waals surface area contributed by atoms with Crippen molar-refractivity contribution in [1.82, 2.24) is 5.01 Å². The lowest BCUT2D eigenvalue weighted by atomic mass is 9.83. The van der Waals surface area contributed by atoms with Crippen molar-refractivity contribution < 1.29 is 9.83 Å². The SMILES string of the molecule is O=C1N([N+](=O)[O-])CCC12Cc1ccccc1C2. The van der Waals surface area contributed by atoms with Crippen molar-refractivity contribution in [2.75, 3.05) is 6.54 Å². The van der Waals surface area contributed by atoms with Crippen LogP contribution in [-0.2, 0) is 17.6 Å². The number of fused-ring (bicyclic) bond motifs is 1. The number of nitro groups is 1. The predicted octanol–water partition coefficient (Wildman–Crippen LogP) is 1.20. The molecule has 1 amide bonds. The number of amides is 1. The van der Waals surface area contributed by atoms with Crippen LogP contribution in [-0.4, -0.2) is 22.5 Å². The molecule has 0 atom stereocenters. The Morgan fingerprint density at radius 2 is 1.82 bits per heavy atom. The second-order valence-electron chi connectivity index (χ2n) is 4.82. The first kappa shape index (κ1) is 10.3. The number of rotatable bonds is 1. The third-order valence-corrected chi connectivity index (χ3v) is 3.86. The van der Waals surface area contributed by atoms with Crippen molar-refractivity contribution in [2.45, 2.75) is 19.3 Å². The van der Waals surface area contributed by atoms with Crippen LogP contribution in [0.25, 0.3) is 0 Å². The summed E-state index contributed by atoms with van der Waals surface area (Å²) in [6, 6.07) is 7.91. The van der Waals surface area contributed by atoms with Gasteiger partial charge in [0.1, 0.15) is 0 Å². The Balaban J connectivity index is 1.93. The molecule has 5 heteroatoms. The minimum Gasteiger partial charge on any atom is -0.268 e. The standard InChI is InChI=1S/C12H12N2O3/c15-11-12(5-6-13(11)14(16)17)7-9-3-1-2-4-10(9)8-12/h1-4H,5-8H2. The Morgan fingerprint density at radius 1 is 1.24 bits per heavy atom. The lowest BCUT2D eigenvalue weighted by molar-refractivity contribution is -0.631. The van der Waals surface area contributed by atoms with E-state index in [0.717, 1.165) is 16.1 Å². The van der Waals surface area contributed by atoms with Gasteiger partial charge in [-0.1, -0.05) is 29.3 Å². The molecule has 17 heavy (non-hydrogen) atoms. The summed E-state index contributed by atoms with van der Waals surface area (Å²) < 4.78 is 0. The molecule has 0 bridgehead atoms. The average molecular weight is 232 g/mol. The largest absolute Gasteiger partial charge is 0.290 e. The molecule has 1 fully saturated rings. The highest BCUT2D eigenvalue weighted by atomic mass is 16.7. The summed E-state index contributed by atoms with van der Waals surface area (Å²) in [6.45, 7) is 0.236. The van der Waals surface area contributed by atoms with Crippen LogP contribution in [0.15, 0.2) is 24.3 Å². The molecule has 1 aliphatic carbocycles. The summed E-state index contributed by atoms with van der Waals surface area (Å²) in [5, 5.41) is 10.9. The number of carbonyl (C=O) groups excluding carboxylic acids is 1. The molecule has 0 N–H and O–H groups in total. The Labute approximate surface area is 98.2 Å². The summed E-state index contributed by atoms with van der Waals surface area (Å²) >= 11 is 0. The molecule has 0 radical (unpaired) electrons. The Bertz CT molecular complexity index is 487. The molecule has 2 aliphatic rings. The van der Waals surface area contributed by atoms with E-state index in [2.05, 4.69) is 0 Å². The molecule has 88 valence electrons. The van der Waals surface area contributed by atoms with Gasteiger partial charge in [0, 0.05) is 0 Å². The predicted molar refractivity (Wildman–Crippen MR) is 59.6 cm³/mol. The van der Waals surface area contributed by atoms with E-state index in [0.29, 0.717) is 19.3 Å². The van der Waals surface area contributed by atoms with E-state index in [1.54, 1.807) is 0 Å². The van der Waals surface area contributed by atoms with Crippen LogP contribution in [0, 0.1) is 15.5 Å². The molecule has 0 aromatic heterocycles. The number of benzene rings is 1. The van der Waals surface area contributed by atoms with Gasteiger partial charge >= 0.3 is 0 Å². The van der Waals surface area contributed by atoms with Crippen LogP contribution >= 0.6 is 0 Å². The first-order valence-corrected chi connectivity index (χ1v) is 5.65. The lowest BCUT2D eigenvalue weighted by Crippen LogP contribution is -2.38. The van der Waals surface area contributed by atoms with E-state index in [4.69, 9.17) is 0 Å². The smallest absolute Gasteiger partial charge is 0.268 e. The van der Waals surface area contributed by atoms with Crippen molar-refractivity contribution in [2.24, 2.45) is 5.41 Å². The third-order valence-electron chi connectivity index (χ3n) is 3.86. The van der Waals surface area contributed by atoms with Crippen LogP contribution in [0.3, 0.4) is 0 Å². The van der Waals surface area contributed by atoms with Crippen molar-refractivity contribution in [3.8, 4) is 0 Å². The van der Waals surface area contributed by atoms with Gasteiger partial charge in [0.2, 0.25) is 0 Å². The Kier molecular flexibility index (Phi) is 1.98. The lowest BCUT2D eigenvalue weighted by Gasteiger charge is -2.18. The Morgan fingerprint density at radius 3 is 2.29 bits per heavy atom. The Hall–Kier alpha value is -1.91. The fourth-order valence-electron chi connectivity index (χ4n) is 2.98. The maximum atomic E-state index is 12.1. The van der Waals surface area contributed by atoms with Gasteiger partial charge in [-0.2, -0.15) is 0 Å². The van der Waals surface area contributed by atoms with Crippen LogP contribution in [0.5, 0.6) is 0 Å². The van der Waals surface area contributed by atoms with Crippen molar-refractivity contribution in [1.29, 1.82) is 0 Å². The molecular formula is C12H12N2O3. The molecular weight excluding hydrogens is 220 g/mol. The molecule has 0 unspecified atom stereocenters. The van der Waals surface area contributed by atoms with Crippen LogP contribution in [0.1, 0.15) is 17.5 Å². The molecule has 3 rings (SSSR count). The molecule has 5 nitrogen and oxygen atoms in total. The summed E-state index contributed by atoms with van der Waals surface area (Å²) in [6.07, 6.45) is 1.88. The third kappa shape index (κ3) is 1.35. The summed E-state index contributed by atoms with van der Waals surface area (Å²) in [5.41, 5.74) is 1.77. The maximum Gasteiger partial charge on any atom is 0.290 e. The van der Waals surface area contributed by atoms with Gasteiger partial charge in [-0.15, -0.1) is 0 Å². The van der Waals surface area contributed by atoms with Crippen molar-refractivity contribution >= 4 is 5.91 Å². The normalized spacial score (nSPS) is 20.9. The van der Waals surface area contributed by atoms with E-state index in [1.807, 2.05) is 24.3 Å². The summed E-state index contributed by atoms with van der Waals surface area (Å²) in [5.74, 6) is -0.321. The number of carbonyl (C=O) groups is 1. The average Bonchev–Trinajstić information content (AvgIpc) is 2.81. The van der Waals surface area contributed by atoms with Crippen molar-refractivity contribution in [3.63, 3.8) is 0 Å². The zero-order chi connectivity index (χ0) is 12.0. The number of hydrogen-bond donors (Lipinski definition) is 0. The van der Waals surface area contributed by atoms with Gasteiger partial charge in [-0.25, -0.2) is 10.1 Å². The fraction of sp³-hybridized carbons (Fsp3) is 0.417. The topological polar surface area (TPSA) is 63.5 Å². The van der Waals surface area contributed by atoms with Gasteiger partial charge < -0.3 is 0 Å². The molecule has 1 aromatic carbocycles. The summed E-state index contributed by atoms with van der Waals surface area (Å²) in [4.78, 5) is 22.9. The van der Waals surface area contributed by atoms with Crippen LogP contribution in [0.2, 0.25) is 0 Å². The summed E-state index contributed by atoms with van der Waals surface area (Å²) in [7, 11) is 0. The highest BCUT2D eigenvalue weighted by Gasteiger charge is 2.54. The van der Waals surface area contributed by atoms with Crippen molar-refractivity contribution in [3.05, 3.63) is 45.5 Å². The number of hydrogen-bond acceptors (Lipinski definition) is 3. The minimum absolute atomic E-state index is 0.236.